The van der Waals surface area contributed by atoms with Crippen molar-refractivity contribution in [3.05, 3.63) is 100.0 Å². The Morgan fingerprint density at radius 2 is 1.78 bits per heavy atom. The highest BCUT2D eigenvalue weighted by molar-refractivity contribution is 6.11. The Morgan fingerprint density at radius 1 is 1.06 bits per heavy atom. The average molecular weight is 424 g/mol. The van der Waals surface area contributed by atoms with Crippen molar-refractivity contribution in [2.45, 2.75) is 13.5 Å². The van der Waals surface area contributed by atoms with Gasteiger partial charge in [0.15, 0.2) is 5.69 Å². The average Bonchev–Trinajstić information content (AvgIpc) is 2.82. The summed E-state index contributed by atoms with van der Waals surface area (Å²) in [5.41, 5.74) is 1.48. The van der Waals surface area contributed by atoms with Gasteiger partial charge in [-0.3, -0.25) is 9.59 Å². The van der Waals surface area contributed by atoms with E-state index in [1.165, 1.54) is 4.68 Å². The number of ether oxygens (including phenoxy) is 1. The molecular weight excluding hydrogens is 404 g/mol. The van der Waals surface area contributed by atoms with E-state index in [2.05, 4.69) is 16.5 Å². The van der Waals surface area contributed by atoms with E-state index in [0.29, 0.717) is 34.4 Å². The van der Waals surface area contributed by atoms with Crippen LogP contribution in [0.1, 0.15) is 28.5 Å². The van der Waals surface area contributed by atoms with Crippen LogP contribution in [-0.2, 0) is 6.54 Å². The van der Waals surface area contributed by atoms with Gasteiger partial charge in [-0.25, -0.2) is 4.68 Å². The minimum atomic E-state index is -0.501. The fraction of sp³-hybridized carbons (Fsp3) is 0.120. The highest BCUT2D eigenvalue weighted by atomic mass is 16.5. The van der Waals surface area contributed by atoms with Gasteiger partial charge in [0.1, 0.15) is 5.75 Å². The van der Waals surface area contributed by atoms with Crippen LogP contribution in [0.4, 0.5) is 5.69 Å². The second-order valence-electron chi connectivity index (χ2n) is 7.05. The van der Waals surface area contributed by atoms with E-state index in [-0.39, 0.29) is 17.8 Å². The summed E-state index contributed by atoms with van der Waals surface area (Å²) >= 11 is 0. The number of fused-ring (bicyclic) bond motifs is 1. The number of anilines is 1. The molecule has 158 valence electrons. The Balaban J connectivity index is 1.79. The number of rotatable bonds is 6. The van der Waals surface area contributed by atoms with E-state index in [1.54, 1.807) is 42.5 Å². The molecule has 0 atom stereocenters. The van der Waals surface area contributed by atoms with Gasteiger partial charge in [-0.2, -0.15) is 10.4 Å². The molecule has 7 nitrogen and oxygen atoms in total. The summed E-state index contributed by atoms with van der Waals surface area (Å²) in [5.74, 6) is -0.0548. The second-order valence-corrected chi connectivity index (χ2v) is 7.05. The zero-order valence-electron chi connectivity index (χ0n) is 17.4. The Labute approximate surface area is 184 Å². The van der Waals surface area contributed by atoms with Crippen LogP contribution in [-0.4, -0.2) is 22.3 Å². The normalized spacial score (nSPS) is 10.5. The molecule has 0 bridgehead atoms. The standard InChI is InChI=1S/C25H20N4O3/c1-2-32-22-13-12-18(15-26)14-21(22)27-24(30)23-19-10-6-7-11-20(19)25(31)29(28-23)16-17-8-4-3-5-9-17/h3-14H,2,16H2,1H3,(H,27,30). The molecule has 0 unspecified atom stereocenters. The van der Waals surface area contributed by atoms with Gasteiger partial charge in [0.05, 0.1) is 35.9 Å². The predicted molar refractivity (Wildman–Crippen MR) is 122 cm³/mol. The molecule has 0 radical (unpaired) electrons. The molecule has 1 aromatic heterocycles. The van der Waals surface area contributed by atoms with Gasteiger partial charge in [0.2, 0.25) is 0 Å². The lowest BCUT2D eigenvalue weighted by Crippen LogP contribution is -2.28. The minimum Gasteiger partial charge on any atom is -0.492 e. The molecule has 0 aliphatic carbocycles. The van der Waals surface area contributed by atoms with Crippen molar-refractivity contribution >= 4 is 22.4 Å². The number of nitrogens with one attached hydrogen (secondary N) is 1. The highest BCUT2D eigenvalue weighted by Crippen LogP contribution is 2.27. The van der Waals surface area contributed by atoms with E-state index in [1.807, 2.05) is 37.3 Å². The molecule has 7 heteroatoms. The summed E-state index contributed by atoms with van der Waals surface area (Å²) in [6.07, 6.45) is 0. The van der Waals surface area contributed by atoms with E-state index in [4.69, 9.17) is 4.74 Å². The minimum absolute atomic E-state index is 0.112. The van der Waals surface area contributed by atoms with E-state index in [0.717, 1.165) is 5.56 Å². The molecule has 0 spiro atoms. The van der Waals surface area contributed by atoms with E-state index in [9.17, 15) is 14.9 Å². The first kappa shape index (κ1) is 20.8. The second kappa shape index (κ2) is 9.14. The third-order valence-corrected chi connectivity index (χ3v) is 4.91. The summed E-state index contributed by atoms with van der Waals surface area (Å²) in [6.45, 7) is 2.47. The third kappa shape index (κ3) is 4.20. The van der Waals surface area contributed by atoms with Gasteiger partial charge in [-0.15, -0.1) is 0 Å². The summed E-state index contributed by atoms with van der Waals surface area (Å²) in [5, 5.41) is 17.3. The SMILES string of the molecule is CCOc1ccc(C#N)cc1NC(=O)c1nn(Cc2ccccc2)c(=O)c2ccccc12. The molecule has 0 saturated heterocycles. The molecule has 1 amide bonds. The Morgan fingerprint density at radius 3 is 2.50 bits per heavy atom. The zero-order chi connectivity index (χ0) is 22.5. The number of amides is 1. The fourth-order valence-corrected chi connectivity index (χ4v) is 3.43. The van der Waals surface area contributed by atoms with Gasteiger partial charge >= 0.3 is 0 Å². The topological polar surface area (TPSA) is 97.0 Å². The fourth-order valence-electron chi connectivity index (χ4n) is 3.43. The molecule has 0 aliphatic rings. The van der Waals surface area contributed by atoms with Crippen molar-refractivity contribution < 1.29 is 9.53 Å². The molecule has 32 heavy (non-hydrogen) atoms. The molecule has 1 heterocycles. The summed E-state index contributed by atoms with van der Waals surface area (Å²) < 4.78 is 6.88. The summed E-state index contributed by atoms with van der Waals surface area (Å²) in [4.78, 5) is 26.3. The maximum absolute atomic E-state index is 13.3. The number of nitriles is 1. The van der Waals surface area contributed by atoms with Crippen molar-refractivity contribution in [2.75, 3.05) is 11.9 Å². The number of hydrogen-bond donors (Lipinski definition) is 1. The smallest absolute Gasteiger partial charge is 0.276 e. The van der Waals surface area contributed by atoms with Gasteiger partial charge in [0, 0.05) is 5.39 Å². The molecule has 0 saturated carbocycles. The van der Waals surface area contributed by atoms with Gasteiger partial charge in [-0.05, 0) is 36.8 Å². The maximum atomic E-state index is 13.3. The maximum Gasteiger partial charge on any atom is 0.276 e. The molecule has 1 N–H and O–H groups in total. The van der Waals surface area contributed by atoms with Crippen LogP contribution in [0, 0.1) is 11.3 Å². The Kier molecular flexibility index (Phi) is 5.95. The molecule has 4 aromatic rings. The lowest BCUT2D eigenvalue weighted by Gasteiger charge is -2.14. The third-order valence-electron chi connectivity index (χ3n) is 4.91. The van der Waals surface area contributed by atoms with Crippen LogP contribution < -0.4 is 15.6 Å². The number of hydrogen-bond acceptors (Lipinski definition) is 5. The Hall–Kier alpha value is -4.44. The monoisotopic (exact) mass is 424 g/mol. The largest absolute Gasteiger partial charge is 0.492 e. The van der Waals surface area contributed by atoms with Crippen LogP contribution in [0.15, 0.2) is 77.6 Å². The summed E-state index contributed by atoms with van der Waals surface area (Å²) in [7, 11) is 0. The van der Waals surface area contributed by atoms with Crippen LogP contribution in [0.5, 0.6) is 5.75 Å². The van der Waals surface area contributed by atoms with Crippen molar-refractivity contribution in [1.29, 1.82) is 5.26 Å². The first-order valence-electron chi connectivity index (χ1n) is 10.1. The quantitative estimate of drug-likeness (QED) is 0.505. The molecule has 4 rings (SSSR count). The van der Waals surface area contributed by atoms with Crippen LogP contribution >= 0.6 is 0 Å². The number of aromatic nitrogens is 2. The summed E-state index contributed by atoms with van der Waals surface area (Å²) in [6, 6.07) is 23.2. The van der Waals surface area contributed by atoms with Crippen LogP contribution in [0.2, 0.25) is 0 Å². The van der Waals surface area contributed by atoms with Crippen molar-refractivity contribution in [3.63, 3.8) is 0 Å². The van der Waals surface area contributed by atoms with Crippen molar-refractivity contribution in [3.8, 4) is 11.8 Å². The van der Waals surface area contributed by atoms with E-state index < -0.39 is 5.91 Å². The predicted octanol–water partition coefficient (Wildman–Crippen LogP) is 3.97. The molecule has 3 aromatic carbocycles. The van der Waals surface area contributed by atoms with Crippen molar-refractivity contribution in [1.82, 2.24) is 9.78 Å². The van der Waals surface area contributed by atoms with Crippen LogP contribution in [0.25, 0.3) is 10.8 Å². The highest BCUT2D eigenvalue weighted by Gasteiger charge is 2.18. The van der Waals surface area contributed by atoms with Gasteiger partial charge in [-0.1, -0.05) is 48.5 Å². The number of nitrogens with zero attached hydrogens (tertiary/aromatic N) is 3. The zero-order valence-corrected chi connectivity index (χ0v) is 17.4. The number of carbonyl (C=O) groups excluding carboxylic acids is 1. The van der Waals surface area contributed by atoms with E-state index >= 15 is 0 Å². The number of benzene rings is 3. The van der Waals surface area contributed by atoms with Crippen LogP contribution in [0.3, 0.4) is 0 Å². The lowest BCUT2D eigenvalue weighted by molar-refractivity contribution is 0.102. The molecule has 0 aliphatic heterocycles. The first-order valence-corrected chi connectivity index (χ1v) is 10.1. The number of carbonyl (C=O) groups is 1. The molecular formula is C25H20N4O3. The molecule has 0 fully saturated rings. The van der Waals surface area contributed by atoms with Gasteiger partial charge < -0.3 is 10.1 Å². The lowest BCUT2D eigenvalue weighted by atomic mass is 10.1. The van der Waals surface area contributed by atoms with Crippen molar-refractivity contribution in [2.24, 2.45) is 0 Å². The first-order chi connectivity index (χ1) is 15.6. The Bertz CT molecular complexity index is 1390. The van der Waals surface area contributed by atoms with Gasteiger partial charge in [0.25, 0.3) is 11.5 Å².